The summed E-state index contributed by atoms with van der Waals surface area (Å²) in [5.74, 6) is 0.672. The SMILES string of the molecule is CCCC(C)c1cc(C)nc(C)c1. The predicted molar refractivity (Wildman–Crippen MR) is 57.0 cm³/mol. The van der Waals surface area contributed by atoms with Gasteiger partial charge in [0.2, 0.25) is 0 Å². The Bertz CT molecular complexity index is 258. The molecule has 0 aliphatic rings. The minimum absolute atomic E-state index is 0.672. The fourth-order valence-corrected chi connectivity index (χ4v) is 1.75. The van der Waals surface area contributed by atoms with Crippen molar-refractivity contribution in [3.05, 3.63) is 29.1 Å². The van der Waals surface area contributed by atoms with Crippen LogP contribution in [0.25, 0.3) is 0 Å². The highest BCUT2D eigenvalue weighted by molar-refractivity contribution is 5.23. The zero-order chi connectivity index (χ0) is 9.84. The van der Waals surface area contributed by atoms with Crippen LogP contribution in [0.15, 0.2) is 12.1 Å². The number of aromatic nitrogens is 1. The second-order valence-electron chi connectivity index (χ2n) is 3.87. The van der Waals surface area contributed by atoms with E-state index in [1.54, 1.807) is 0 Å². The van der Waals surface area contributed by atoms with Crippen molar-refractivity contribution in [2.75, 3.05) is 0 Å². The topological polar surface area (TPSA) is 12.9 Å². The van der Waals surface area contributed by atoms with Crippen molar-refractivity contribution >= 4 is 0 Å². The Kier molecular flexibility index (Phi) is 3.47. The molecule has 1 rings (SSSR count). The van der Waals surface area contributed by atoms with Crippen LogP contribution in [-0.4, -0.2) is 4.98 Å². The summed E-state index contributed by atoms with van der Waals surface area (Å²) in [6.45, 7) is 8.65. The molecule has 0 fully saturated rings. The quantitative estimate of drug-likeness (QED) is 0.687. The van der Waals surface area contributed by atoms with E-state index in [0.29, 0.717) is 5.92 Å². The van der Waals surface area contributed by atoms with Gasteiger partial charge in [-0.1, -0.05) is 20.3 Å². The van der Waals surface area contributed by atoms with Gasteiger partial charge in [-0.05, 0) is 43.9 Å². The molecule has 0 saturated carbocycles. The fraction of sp³-hybridized carbons (Fsp3) is 0.583. The summed E-state index contributed by atoms with van der Waals surface area (Å²) in [4.78, 5) is 4.38. The lowest BCUT2D eigenvalue weighted by Crippen LogP contribution is -1.96. The van der Waals surface area contributed by atoms with Crippen molar-refractivity contribution < 1.29 is 0 Å². The molecule has 0 radical (unpaired) electrons. The Morgan fingerprint density at radius 3 is 2.23 bits per heavy atom. The molecule has 1 unspecified atom stereocenters. The van der Waals surface area contributed by atoms with Crippen molar-refractivity contribution in [2.24, 2.45) is 0 Å². The van der Waals surface area contributed by atoms with Crippen LogP contribution in [0.3, 0.4) is 0 Å². The second-order valence-corrected chi connectivity index (χ2v) is 3.87. The van der Waals surface area contributed by atoms with E-state index in [1.807, 2.05) is 0 Å². The van der Waals surface area contributed by atoms with E-state index >= 15 is 0 Å². The monoisotopic (exact) mass is 177 g/mol. The van der Waals surface area contributed by atoms with Gasteiger partial charge in [-0.15, -0.1) is 0 Å². The Morgan fingerprint density at radius 2 is 1.77 bits per heavy atom. The highest BCUT2D eigenvalue weighted by Crippen LogP contribution is 2.21. The maximum atomic E-state index is 4.38. The molecule has 1 heterocycles. The van der Waals surface area contributed by atoms with E-state index in [9.17, 15) is 0 Å². The number of pyridine rings is 1. The highest BCUT2D eigenvalue weighted by atomic mass is 14.7. The molecule has 13 heavy (non-hydrogen) atoms. The van der Waals surface area contributed by atoms with Crippen molar-refractivity contribution in [1.29, 1.82) is 0 Å². The molecular formula is C12H19N. The average Bonchev–Trinajstić information content (AvgIpc) is 2.03. The van der Waals surface area contributed by atoms with E-state index in [1.165, 1.54) is 18.4 Å². The standard InChI is InChI=1S/C12H19N/c1-5-6-9(2)12-7-10(3)13-11(4)8-12/h7-9H,5-6H2,1-4H3. The lowest BCUT2D eigenvalue weighted by Gasteiger charge is -2.11. The lowest BCUT2D eigenvalue weighted by atomic mass is 9.96. The van der Waals surface area contributed by atoms with Gasteiger partial charge in [0.15, 0.2) is 0 Å². The van der Waals surface area contributed by atoms with E-state index < -0.39 is 0 Å². The van der Waals surface area contributed by atoms with Crippen molar-refractivity contribution in [1.82, 2.24) is 4.98 Å². The summed E-state index contributed by atoms with van der Waals surface area (Å²) in [5.41, 5.74) is 3.71. The van der Waals surface area contributed by atoms with Crippen molar-refractivity contribution in [2.45, 2.75) is 46.5 Å². The van der Waals surface area contributed by atoms with Crippen LogP contribution in [0, 0.1) is 13.8 Å². The van der Waals surface area contributed by atoms with Gasteiger partial charge in [0.25, 0.3) is 0 Å². The van der Waals surface area contributed by atoms with E-state index in [2.05, 4.69) is 44.8 Å². The highest BCUT2D eigenvalue weighted by Gasteiger charge is 2.05. The minimum atomic E-state index is 0.672. The van der Waals surface area contributed by atoms with Gasteiger partial charge in [0.1, 0.15) is 0 Å². The normalized spacial score (nSPS) is 12.9. The van der Waals surface area contributed by atoms with Gasteiger partial charge in [-0.2, -0.15) is 0 Å². The van der Waals surface area contributed by atoms with E-state index in [0.717, 1.165) is 11.4 Å². The Hall–Kier alpha value is -0.850. The third kappa shape index (κ3) is 2.83. The second kappa shape index (κ2) is 4.40. The van der Waals surface area contributed by atoms with Crippen LogP contribution in [-0.2, 0) is 0 Å². The Labute approximate surface area is 81.2 Å². The Balaban J connectivity index is 2.87. The molecule has 1 aromatic heterocycles. The number of hydrogen-bond donors (Lipinski definition) is 0. The van der Waals surface area contributed by atoms with Gasteiger partial charge in [0.05, 0.1) is 0 Å². The smallest absolute Gasteiger partial charge is 0.0378 e. The molecule has 0 aliphatic heterocycles. The molecule has 72 valence electrons. The third-order valence-electron chi connectivity index (χ3n) is 2.39. The molecular weight excluding hydrogens is 158 g/mol. The molecule has 1 atom stereocenters. The fourth-order valence-electron chi connectivity index (χ4n) is 1.75. The van der Waals surface area contributed by atoms with Gasteiger partial charge in [0, 0.05) is 11.4 Å². The number of nitrogens with zero attached hydrogens (tertiary/aromatic N) is 1. The van der Waals surface area contributed by atoms with Crippen LogP contribution in [0.2, 0.25) is 0 Å². The molecule has 1 heteroatoms. The van der Waals surface area contributed by atoms with Gasteiger partial charge in [-0.25, -0.2) is 0 Å². The number of aryl methyl sites for hydroxylation is 2. The summed E-state index contributed by atoms with van der Waals surface area (Å²) in [5, 5.41) is 0. The average molecular weight is 177 g/mol. The number of rotatable bonds is 3. The summed E-state index contributed by atoms with van der Waals surface area (Å²) < 4.78 is 0. The first kappa shape index (κ1) is 10.2. The maximum absolute atomic E-state index is 4.38. The first-order chi connectivity index (χ1) is 6.13. The molecule has 0 spiro atoms. The molecule has 1 aromatic rings. The molecule has 0 amide bonds. The molecule has 1 nitrogen and oxygen atoms in total. The van der Waals surface area contributed by atoms with Gasteiger partial charge < -0.3 is 0 Å². The predicted octanol–water partition coefficient (Wildman–Crippen LogP) is 3.60. The summed E-state index contributed by atoms with van der Waals surface area (Å²) in [7, 11) is 0. The molecule has 0 aliphatic carbocycles. The summed E-state index contributed by atoms with van der Waals surface area (Å²) in [6, 6.07) is 4.40. The lowest BCUT2D eigenvalue weighted by molar-refractivity contribution is 0.662. The van der Waals surface area contributed by atoms with Crippen molar-refractivity contribution in [3.8, 4) is 0 Å². The van der Waals surface area contributed by atoms with Crippen LogP contribution < -0.4 is 0 Å². The maximum Gasteiger partial charge on any atom is 0.0378 e. The van der Waals surface area contributed by atoms with Crippen molar-refractivity contribution in [3.63, 3.8) is 0 Å². The number of hydrogen-bond acceptors (Lipinski definition) is 1. The zero-order valence-corrected chi connectivity index (χ0v) is 9.09. The van der Waals surface area contributed by atoms with Crippen LogP contribution >= 0.6 is 0 Å². The zero-order valence-electron chi connectivity index (χ0n) is 9.09. The molecule has 0 saturated heterocycles. The Morgan fingerprint density at radius 1 is 1.23 bits per heavy atom. The minimum Gasteiger partial charge on any atom is -0.258 e. The van der Waals surface area contributed by atoms with Crippen LogP contribution in [0.4, 0.5) is 0 Å². The van der Waals surface area contributed by atoms with E-state index in [-0.39, 0.29) is 0 Å². The summed E-state index contributed by atoms with van der Waals surface area (Å²) in [6.07, 6.45) is 2.52. The summed E-state index contributed by atoms with van der Waals surface area (Å²) >= 11 is 0. The van der Waals surface area contributed by atoms with E-state index in [4.69, 9.17) is 0 Å². The van der Waals surface area contributed by atoms with Crippen LogP contribution in [0.1, 0.15) is 49.6 Å². The first-order valence-corrected chi connectivity index (χ1v) is 5.08. The molecule has 0 bridgehead atoms. The van der Waals surface area contributed by atoms with Gasteiger partial charge >= 0.3 is 0 Å². The van der Waals surface area contributed by atoms with Crippen LogP contribution in [0.5, 0.6) is 0 Å². The van der Waals surface area contributed by atoms with Gasteiger partial charge in [-0.3, -0.25) is 4.98 Å². The third-order valence-corrected chi connectivity index (χ3v) is 2.39. The molecule has 0 aromatic carbocycles. The largest absolute Gasteiger partial charge is 0.258 e. The first-order valence-electron chi connectivity index (χ1n) is 5.08. The molecule has 0 N–H and O–H groups in total.